The Morgan fingerprint density at radius 3 is 2.59 bits per heavy atom. The van der Waals surface area contributed by atoms with Gasteiger partial charge in [0, 0.05) is 36.2 Å². The molecule has 27 heavy (non-hydrogen) atoms. The molecular formula is C20H18F3N3O. The fourth-order valence-electron chi connectivity index (χ4n) is 3.42. The molecule has 1 unspecified atom stereocenters. The molecule has 4 rings (SSSR count). The van der Waals surface area contributed by atoms with E-state index in [1.54, 1.807) is 12.4 Å². The molecule has 2 aromatic heterocycles. The summed E-state index contributed by atoms with van der Waals surface area (Å²) in [5.41, 5.74) is 0.317. The third-order valence-corrected chi connectivity index (χ3v) is 4.93. The van der Waals surface area contributed by atoms with Crippen LogP contribution in [0.4, 0.5) is 13.2 Å². The van der Waals surface area contributed by atoms with Gasteiger partial charge in [-0.1, -0.05) is 12.1 Å². The molecule has 0 saturated carbocycles. The van der Waals surface area contributed by atoms with Crippen molar-refractivity contribution in [1.82, 2.24) is 14.5 Å². The Labute approximate surface area is 154 Å². The third kappa shape index (κ3) is 3.19. The quantitative estimate of drug-likeness (QED) is 0.758. The van der Waals surface area contributed by atoms with E-state index in [9.17, 15) is 18.3 Å². The summed E-state index contributed by atoms with van der Waals surface area (Å²) in [6.45, 7) is -0.0705. The predicted molar refractivity (Wildman–Crippen MR) is 96.5 cm³/mol. The summed E-state index contributed by atoms with van der Waals surface area (Å²) >= 11 is 0. The molecule has 0 saturated heterocycles. The van der Waals surface area contributed by atoms with E-state index in [4.69, 9.17) is 0 Å². The van der Waals surface area contributed by atoms with Crippen molar-refractivity contribution in [2.75, 3.05) is 13.1 Å². The Bertz CT molecular complexity index is 981. The van der Waals surface area contributed by atoms with Crippen molar-refractivity contribution in [2.45, 2.75) is 18.2 Å². The highest BCUT2D eigenvalue weighted by molar-refractivity contribution is 5.85. The highest BCUT2D eigenvalue weighted by Gasteiger charge is 2.54. The molecule has 0 amide bonds. The average molecular weight is 373 g/mol. The van der Waals surface area contributed by atoms with E-state index in [0.29, 0.717) is 13.0 Å². The van der Waals surface area contributed by atoms with Crippen LogP contribution in [0.25, 0.3) is 16.6 Å². The van der Waals surface area contributed by atoms with Crippen molar-refractivity contribution >= 4 is 10.9 Å². The first-order chi connectivity index (χ1) is 12.9. The molecule has 0 radical (unpaired) electrons. The number of aliphatic hydroxyl groups is 1. The second kappa shape index (κ2) is 6.42. The SMILES string of the molecule is OC1(C(F)(F)F)C=CN(CCc2cccc3c2ccn3-c2ccncc2)C1. The monoisotopic (exact) mass is 373 g/mol. The van der Waals surface area contributed by atoms with E-state index in [1.807, 2.05) is 42.6 Å². The highest BCUT2D eigenvalue weighted by Crippen LogP contribution is 2.35. The number of rotatable bonds is 4. The van der Waals surface area contributed by atoms with Crippen molar-refractivity contribution in [2.24, 2.45) is 0 Å². The fourth-order valence-corrected chi connectivity index (χ4v) is 3.42. The van der Waals surface area contributed by atoms with Crippen molar-refractivity contribution < 1.29 is 18.3 Å². The molecule has 7 heteroatoms. The molecule has 3 heterocycles. The van der Waals surface area contributed by atoms with Gasteiger partial charge in [-0.05, 0) is 48.5 Å². The fraction of sp³-hybridized carbons (Fsp3) is 0.250. The van der Waals surface area contributed by atoms with Gasteiger partial charge >= 0.3 is 6.18 Å². The van der Waals surface area contributed by atoms with E-state index in [1.165, 1.54) is 11.1 Å². The number of hydrogen-bond acceptors (Lipinski definition) is 3. The number of benzene rings is 1. The smallest absolute Gasteiger partial charge is 0.375 e. The lowest BCUT2D eigenvalue weighted by Gasteiger charge is -2.26. The van der Waals surface area contributed by atoms with Gasteiger partial charge in [-0.2, -0.15) is 13.2 Å². The molecule has 0 spiro atoms. The van der Waals surface area contributed by atoms with Crippen LogP contribution in [0.2, 0.25) is 0 Å². The van der Waals surface area contributed by atoms with Crippen LogP contribution in [0.3, 0.4) is 0 Å². The molecule has 1 aliphatic rings. The van der Waals surface area contributed by atoms with Crippen LogP contribution in [-0.4, -0.2) is 44.4 Å². The van der Waals surface area contributed by atoms with Crippen LogP contribution in [0.15, 0.2) is 67.3 Å². The largest absolute Gasteiger partial charge is 0.422 e. The van der Waals surface area contributed by atoms with Gasteiger partial charge in [-0.25, -0.2) is 0 Å². The minimum atomic E-state index is -4.67. The van der Waals surface area contributed by atoms with Crippen LogP contribution in [-0.2, 0) is 6.42 Å². The molecule has 3 aromatic rings. The summed E-state index contributed by atoms with van der Waals surface area (Å²) in [6, 6.07) is 11.8. The Morgan fingerprint density at radius 1 is 1.11 bits per heavy atom. The van der Waals surface area contributed by atoms with Gasteiger partial charge in [-0.15, -0.1) is 0 Å². The van der Waals surface area contributed by atoms with E-state index >= 15 is 0 Å². The van der Waals surface area contributed by atoms with E-state index in [2.05, 4.69) is 9.55 Å². The van der Waals surface area contributed by atoms with Gasteiger partial charge in [0.05, 0.1) is 12.1 Å². The van der Waals surface area contributed by atoms with Gasteiger partial charge in [0.15, 0.2) is 5.60 Å². The van der Waals surface area contributed by atoms with Crippen LogP contribution in [0, 0.1) is 0 Å². The lowest BCUT2D eigenvalue weighted by Crippen LogP contribution is -2.47. The summed E-state index contributed by atoms with van der Waals surface area (Å²) in [7, 11) is 0. The number of hydrogen-bond donors (Lipinski definition) is 1. The Balaban J connectivity index is 1.53. The summed E-state index contributed by atoms with van der Waals surface area (Å²) in [5.74, 6) is 0. The van der Waals surface area contributed by atoms with Gasteiger partial charge in [0.1, 0.15) is 0 Å². The Morgan fingerprint density at radius 2 is 1.89 bits per heavy atom. The molecule has 1 aromatic carbocycles. The van der Waals surface area contributed by atoms with Crippen LogP contribution in [0.1, 0.15) is 5.56 Å². The van der Waals surface area contributed by atoms with Crippen LogP contribution in [0.5, 0.6) is 0 Å². The maximum atomic E-state index is 12.9. The maximum absolute atomic E-state index is 12.9. The van der Waals surface area contributed by atoms with Crippen LogP contribution < -0.4 is 0 Å². The molecule has 1 atom stereocenters. The number of pyridine rings is 1. The van der Waals surface area contributed by atoms with Crippen molar-refractivity contribution in [1.29, 1.82) is 0 Å². The molecule has 0 bridgehead atoms. The topological polar surface area (TPSA) is 41.3 Å². The van der Waals surface area contributed by atoms with E-state index < -0.39 is 18.3 Å². The normalized spacial score (nSPS) is 19.9. The second-order valence-corrected chi connectivity index (χ2v) is 6.70. The van der Waals surface area contributed by atoms with Crippen molar-refractivity contribution in [3.05, 3.63) is 72.8 Å². The lowest BCUT2D eigenvalue weighted by atomic mass is 10.1. The third-order valence-electron chi connectivity index (χ3n) is 4.93. The van der Waals surface area contributed by atoms with Crippen molar-refractivity contribution in [3.8, 4) is 5.69 Å². The zero-order chi connectivity index (χ0) is 19.1. The summed E-state index contributed by atoms with van der Waals surface area (Å²) in [5, 5.41) is 10.8. The molecule has 0 aliphatic carbocycles. The number of fused-ring (bicyclic) bond motifs is 1. The zero-order valence-corrected chi connectivity index (χ0v) is 14.4. The van der Waals surface area contributed by atoms with Gasteiger partial charge in [0.25, 0.3) is 0 Å². The summed E-state index contributed by atoms with van der Waals surface area (Å²) < 4.78 is 40.8. The first-order valence-electron chi connectivity index (χ1n) is 8.59. The molecule has 4 nitrogen and oxygen atoms in total. The van der Waals surface area contributed by atoms with Gasteiger partial charge in [-0.3, -0.25) is 4.98 Å². The Hall–Kier alpha value is -2.80. The van der Waals surface area contributed by atoms with Gasteiger partial charge in [0.2, 0.25) is 0 Å². The summed E-state index contributed by atoms with van der Waals surface area (Å²) in [4.78, 5) is 5.54. The lowest BCUT2D eigenvalue weighted by molar-refractivity contribution is -0.238. The van der Waals surface area contributed by atoms with E-state index in [0.717, 1.165) is 28.2 Å². The minimum absolute atomic E-state index is 0.397. The minimum Gasteiger partial charge on any atom is -0.375 e. The number of alkyl halides is 3. The number of β-amino-alcohol motifs (C(OH)–C–C–N with tert-alkyl or cyclic N) is 1. The van der Waals surface area contributed by atoms with Crippen molar-refractivity contribution in [3.63, 3.8) is 0 Å². The number of nitrogens with zero attached hydrogens (tertiary/aromatic N) is 3. The molecule has 140 valence electrons. The second-order valence-electron chi connectivity index (χ2n) is 6.70. The first kappa shape index (κ1) is 17.6. The standard InChI is InChI=1S/C20H18F3N3O/c21-20(22,23)19(27)8-13-25(14-19)11-6-15-2-1-3-18-17(15)7-12-26(18)16-4-9-24-10-5-16/h1-5,7-10,12-13,27H,6,11,14H2. The molecular weight excluding hydrogens is 355 g/mol. The number of aromatic nitrogens is 2. The van der Waals surface area contributed by atoms with Crippen LogP contribution >= 0.6 is 0 Å². The average Bonchev–Trinajstić information content (AvgIpc) is 3.25. The van der Waals surface area contributed by atoms with Gasteiger partial charge < -0.3 is 14.6 Å². The zero-order valence-electron chi connectivity index (χ0n) is 14.4. The Kier molecular flexibility index (Phi) is 4.19. The highest BCUT2D eigenvalue weighted by atomic mass is 19.4. The molecule has 1 N–H and O–H groups in total. The summed E-state index contributed by atoms with van der Waals surface area (Å²) in [6.07, 6.45) is 3.50. The predicted octanol–water partition coefficient (Wildman–Crippen LogP) is 3.69. The van der Waals surface area contributed by atoms with E-state index in [-0.39, 0.29) is 0 Å². The molecule has 1 aliphatic heterocycles. The molecule has 0 fully saturated rings. The maximum Gasteiger partial charge on any atom is 0.422 e. The number of halogens is 3. The first-order valence-corrected chi connectivity index (χ1v) is 8.59.